The third-order valence-corrected chi connectivity index (χ3v) is 6.98. The molecule has 0 bridgehead atoms. The Kier molecular flexibility index (Phi) is 8.13. The zero-order valence-electron chi connectivity index (χ0n) is 13.5. The van der Waals surface area contributed by atoms with Crippen molar-refractivity contribution in [1.82, 2.24) is 10.6 Å². The lowest BCUT2D eigenvalue weighted by atomic mass is 10.1. The molecule has 1 aliphatic heterocycles. The molecule has 1 saturated heterocycles. The number of carbonyl (C=O) groups is 2. The van der Waals surface area contributed by atoms with E-state index in [1.165, 1.54) is 6.42 Å². The largest absolute Gasteiger partial charge is 0.345 e. The van der Waals surface area contributed by atoms with E-state index >= 15 is 0 Å². The summed E-state index contributed by atoms with van der Waals surface area (Å²) < 4.78 is 0.0831. The van der Waals surface area contributed by atoms with Gasteiger partial charge in [0, 0.05) is 0 Å². The average Bonchev–Trinajstić information content (AvgIpc) is 2.44. The molecule has 2 N–H and O–H groups in total. The Morgan fingerprint density at radius 3 is 2.33 bits per heavy atom. The molecule has 0 radical (unpaired) electrons. The molecule has 1 heterocycles. The Bertz CT molecular complexity index is 358. The normalized spacial score (nSPS) is 20.6. The fourth-order valence-electron chi connectivity index (χ4n) is 2.43. The molecule has 0 aliphatic carbocycles. The van der Waals surface area contributed by atoms with Gasteiger partial charge in [-0.2, -0.15) is 0 Å². The molecule has 2 unspecified atom stereocenters. The van der Waals surface area contributed by atoms with Crippen molar-refractivity contribution in [1.29, 1.82) is 0 Å². The van der Waals surface area contributed by atoms with Gasteiger partial charge in [0.2, 0.25) is 5.91 Å². The van der Waals surface area contributed by atoms with Gasteiger partial charge in [-0.3, -0.25) is 9.59 Å². The predicted molar refractivity (Wildman–Crippen MR) is 92.9 cm³/mol. The van der Waals surface area contributed by atoms with Crippen molar-refractivity contribution >= 4 is 35.2 Å². The summed E-state index contributed by atoms with van der Waals surface area (Å²) >= 11 is 3.88. The minimum atomic E-state index is -0.349. The number of likely N-dealkylation sites (N-methyl/N-ethyl adjacent to an activating group) is 1. The molecule has 1 amide bonds. The summed E-state index contributed by atoms with van der Waals surface area (Å²) in [6.45, 7) is 5.78. The molecule has 122 valence electrons. The van der Waals surface area contributed by atoms with Gasteiger partial charge in [-0.05, 0) is 51.7 Å². The number of nitrogens with one attached hydrogen (secondary N) is 2. The molecule has 0 aromatic carbocycles. The molecule has 0 saturated carbocycles. The first-order valence-corrected chi connectivity index (χ1v) is 9.65. The highest BCUT2D eigenvalue weighted by Crippen LogP contribution is 2.44. The van der Waals surface area contributed by atoms with Crippen LogP contribution in [0.1, 0.15) is 46.5 Å². The molecular weight excluding hydrogens is 304 g/mol. The Balaban J connectivity index is 2.61. The lowest BCUT2D eigenvalue weighted by Gasteiger charge is -2.35. The SMILES string of the molecule is CCCC(NC(=O)C(CC1(C)SCCCS1)NC)C(C)=O. The molecule has 0 aromatic heterocycles. The zero-order valence-corrected chi connectivity index (χ0v) is 15.2. The van der Waals surface area contributed by atoms with Gasteiger partial charge in [0.1, 0.15) is 0 Å². The van der Waals surface area contributed by atoms with Crippen LogP contribution in [0.25, 0.3) is 0 Å². The summed E-state index contributed by atoms with van der Waals surface area (Å²) in [5.74, 6) is 2.30. The van der Waals surface area contributed by atoms with E-state index < -0.39 is 0 Å². The van der Waals surface area contributed by atoms with Crippen LogP contribution in [0, 0.1) is 0 Å². The van der Waals surface area contributed by atoms with E-state index in [4.69, 9.17) is 0 Å². The standard InChI is InChI=1S/C15H28N2O2S2/c1-5-7-12(11(2)18)17-14(19)13(16-4)10-15(3)20-8-6-9-21-15/h12-13,16H,5-10H2,1-4H3,(H,17,19). The average molecular weight is 333 g/mol. The number of ketones is 1. The first kappa shape index (κ1) is 18.8. The van der Waals surface area contributed by atoms with Crippen LogP contribution >= 0.6 is 23.5 Å². The van der Waals surface area contributed by atoms with Crippen molar-refractivity contribution in [2.24, 2.45) is 0 Å². The summed E-state index contributed by atoms with van der Waals surface area (Å²) in [5.41, 5.74) is 0. The maximum atomic E-state index is 12.4. The molecule has 0 aromatic rings. The molecule has 6 heteroatoms. The highest BCUT2D eigenvalue weighted by atomic mass is 32.2. The topological polar surface area (TPSA) is 58.2 Å². The molecule has 4 nitrogen and oxygen atoms in total. The summed E-state index contributed by atoms with van der Waals surface area (Å²) in [4.78, 5) is 24.0. The van der Waals surface area contributed by atoms with Gasteiger partial charge in [-0.15, -0.1) is 23.5 Å². The second-order valence-corrected chi connectivity index (χ2v) is 9.14. The first-order valence-electron chi connectivity index (χ1n) is 7.68. The van der Waals surface area contributed by atoms with E-state index in [9.17, 15) is 9.59 Å². The second-order valence-electron chi connectivity index (χ2n) is 5.69. The Morgan fingerprint density at radius 1 is 1.24 bits per heavy atom. The van der Waals surface area contributed by atoms with Crippen molar-refractivity contribution in [3.8, 4) is 0 Å². The van der Waals surface area contributed by atoms with Crippen molar-refractivity contribution in [3.63, 3.8) is 0 Å². The fourth-order valence-corrected chi connectivity index (χ4v) is 5.46. The summed E-state index contributed by atoms with van der Waals surface area (Å²) in [5, 5.41) is 6.02. The lowest BCUT2D eigenvalue weighted by Crippen LogP contribution is -2.50. The van der Waals surface area contributed by atoms with E-state index in [0.717, 1.165) is 24.3 Å². The van der Waals surface area contributed by atoms with E-state index in [0.29, 0.717) is 6.42 Å². The van der Waals surface area contributed by atoms with E-state index in [2.05, 4.69) is 17.6 Å². The highest BCUT2D eigenvalue weighted by Gasteiger charge is 2.34. The van der Waals surface area contributed by atoms with Crippen molar-refractivity contribution in [2.75, 3.05) is 18.6 Å². The molecule has 21 heavy (non-hydrogen) atoms. The third kappa shape index (κ3) is 6.20. The number of hydrogen-bond donors (Lipinski definition) is 2. The molecule has 0 spiro atoms. The van der Waals surface area contributed by atoms with Gasteiger partial charge in [-0.1, -0.05) is 13.3 Å². The third-order valence-electron chi connectivity index (χ3n) is 3.73. The van der Waals surface area contributed by atoms with Crippen molar-refractivity contribution in [2.45, 2.75) is 62.6 Å². The first-order chi connectivity index (χ1) is 9.91. The lowest BCUT2D eigenvalue weighted by molar-refractivity contribution is -0.128. The van der Waals surface area contributed by atoms with Gasteiger partial charge in [-0.25, -0.2) is 0 Å². The van der Waals surface area contributed by atoms with Crippen molar-refractivity contribution in [3.05, 3.63) is 0 Å². The van der Waals surface area contributed by atoms with Crippen LogP contribution in [0.5, 0.6) is 0 Å². The summed E-state index contributed by atoms with van der Waals surface area (Å²) in [6.07, 6.45) is 3.61. The Labute approximate surface area is 137 Å². The van der Waals surface area contributed by atoms with Crippen LogP contribution in [0.3, 0.4) is 0 Å². The van der Waals surface area contributed by atoms with Crippen LogP contribution in [-0.4, -0.2) is 46.4 Å². The Morgan fingerprint density at radius 2 is 1.86 bits per heavy atom. The van der Waals surface area contributed by atoms with Crippen LogP contribution in [-0.2, 0) is 9.59 Å². The number of amides is 1. The molecular formula is C15H28N2O2S2. The minimum absolute atomic E-state index is 0.0349. The van der Waals surface area contributed by atoms with Crippen LogP contribution in [0.4, 0.5) is 0 Å². The van der Waals surface area contributed by atoms with Gasteiger partial charge in [0.05, 0.1) is 16.2 Å². The fraction of sp³-hybridized carbons (Fsp3) is 0.867. The van der Waals surface area contributed by atoms with Gasteiger partial charge >= 0.3 is 0 Å². The number of rotatable bonds is 8. The number of thioether (sulfide) groups is 2. The maximum absolute atomic E-state index is 12.4. The van der Waals surface area contributed by atoms with E-state index in [1.807, 2.05) is 37.5 Å². The molecule has 1 aliphatic rings. The zero-order chi connectivity index (χ0) is 15.9. The predicted octanol–water partition coefficient (Wildman–Crippen LogP) is 2.42. The van der Waals surface area contributed by atoms with Crippen molar-refractivity contribution < 1.29 is 9.59 Å². The monoisotopic (exact) mass is 332 g/mol. The Hall–Kier alpha value is -0.200. The summed E-state index contributed by atoms with van der Waals surface area (Å²) in [7, 11) is 1.81. The molecule has 1 fully saturated rings. The molecule has 1 rings (SSSR count). The van der Waals surface area contributed by atoms with E-state index in [-0.39, 0.29) is 27.9 Å². The second kappa shape index (κ2) is 9.06. The van der Waals surface area contributed by atoms with Gasteiger partial charge in [0.25, 0.3) is 0 Å². The minimum Gasteiger partial charge on any atom is -0.345 e. The highest BCUT2D eigenvalue weighted by molar-refractivity contribution is 8.18. The van der Waals surface area contributed by atoms with Crippen LogP contribution in [0.15, 0.2) is 0 Å². The smallest absolute Gasteiger partial charge is 0.237 e. The van der Waals surface area contributed by atoms with E-state index in [1.54, 1.807) is 6.92 Å². The quantitative estimate of drug-likeness (QED) is 0.715. The number of Topliss-reactive ketones (excluding diaryl/α,β-unsaturated/α-hetero) is 1. The van der Waals surface area contributed by atoms with Crippen LogP contribution in [0.2, 0.25) is 0 Å². The van der Waals surface area contributed by atoms with Gasteiger partial charge < -0.3 is 10.6 Å². The summed E-state index contributed by atoms with van der Waals surface area (Å²) in [6, 6.07) is -0.593. The van der Waals surface area contributed by atoms with Gasteiger partial charge in [0.15, 0.2) is 5.78 Å². The maximum Gasteiger partial charge on any atom is 0.237 e. The number of carbonyl (C=O) groups excluding carboxylic acids is 2. The van der Waals surface area contributed by atoms with Crippen LogP contribution < -0.4 is 10.6 Å². The number of hydrogen-bond acceptors (Lipinski definition) is 5. The molecule has 2 atom stereocenters.